The number of piperazine rings is 1. The van der Waals surface area contributed by atoms with E-state index in [9.17, 15) is 4.79 Å². The summed E-state index contributed by atoms with van der Waals surface area (Å²) in [5, 5.41) is 2.95. The zero-order chi connectivity index (χ0) is 18.4. The summed E-state index contributed by atoms with van der Waals surface area (Å²) in [5.41, 5.74) is 1.84. The van der Waals surface area contributed by atoms with Crippen LogP contribution in [0.5, 0.6) is 11.5 Å². The third-order valence-corrected chi connectivity index (χ3v) is 4.41. The van der Waals surface area contributed by atoms with E-state index in [1.165, 1.54) is 0 Å². The van der Waals surface area contributed by atoms with Gasteiger partial charge in [-0.25, -0.2) is 4.79 Å². The molecular weight excluding hydrogens is 330 g/mol. The summed E-state index contributed by atoms with van der Waals surface area (Å²) in [7, 11) is 1.68. The number of carbonyl (C=O) groups excluding carboxylic acids is 1. The number of nitrogens with one attached hydrogen (secondary N) is 1. The molecular formula is C20H25N3O3. The predicted molar refractivity (Wildman–Crippen MR) is 103 cm³/mol. The van der Waals surface area contributed by atoms with Crippen molar-refractivity contribution in [2.45, 2.75) is 6.92 Å². The highest BCUT2D eigenvalue weighted by molar-refractivity contribution is 5.89. The Morgan fingerprint density at radius 2 is 1.73 bits per heavy atom. The van der Waals surface area contributed by atoms with Crippen LogP contribution in [-0.2, 0) is 0 Å². The highest BCUT2D eigenvalue weighted by atomic mass is 16.5. The summed E-state index contributed by atoms with van der Waals surface area (Å²) in [6.45, 7) is 5.46. The monoisotopic (exact) mass is 355 g/mol. The number of para-hydroxylation sites is 2. The molecule has 1 aliphatic rings. The molecule has 6 nitrogen and oxygen atoms in total. The van der Waals surface area contributed by atoms with E-state index >= 15 is 0 Å². The molecule has 0 unspecified atom stereocenters. The number of nitrogens with zero attached hydrogens (tertiary/aromatic N) is 2. The first-order valence-corrected chi connectivity index (χ1v) is 8.88. The molecule has 2 aromatic carbocycles. The number of anilines is 2. The van der Waals surface area contributed by atoms with Gasteiger partial charge in [0.2, 0.25) is 0 Å². The van der Waals surface area contributed by atoms with E-state index in [2.05, 4.69) is 16.3 Å². The fraction of sp³-hybridized carbons (Fsp3) is 0.350. The van der Waals surface area contributed by atoms with Gasteiger partial charge in [0.05, 0.1) is 19.4 Å². The van der Waals surface area contributed by atoms with E-state index in [0.717, 1.165) is 36.0 Å². The molecule has 26 heavy (non-hydrogen) atoms. The van der Waals surface area contributed by atoms with Gasteiger partial charge in [0.25, 0.3) is 0 Å². The molecule has 0 radical (unpaired) electrons. The second-order valence-electron chi connectivity index (χ2n) is 6.03. The molecule has 6 heteroatoms. The van der Waals surface area contributed by atoms with Crippen LogP contribution in [0.2, 0.25) is 0 Å². The molecule has 0 atom stereocenters. The SMILES string of the molecule is CCOc1ccc(NC(=O)N2CCN(c3ccccc3OC)CC2)cc1. The Morgan fingerprint density at radius 3 is 2.38 bits per heavy atom. The second kappa shape index (κ2) is 8.47. The van der Waals surface area contributed by atoms with Crippen LogP contribution in [-0.4, -0.2) is 50.8 Å². The van der Waals surface area contributed by atoms with Gasteiger partial charge in [0.1, 0.15) is 11.5 Å². The number of hydrogen-bond acceptors (Lipinski definition) is 4. The van der Waals surface area contributed by atoms with E-state index in [0.29, 0.717) is 19.7 Å². The van der Waals surface area contributed by atoms with Crippen molar-refractivity contribution in [2.24, 2.45) is 0 Å². The third-order valence-electron chi connectivity index (χ3n) is 4.41. The van der Waals surface area contributed by atoms with Gasteiger partial charge in [-0.05, 0) is 43.3 Å². The van der Waals surface area contributed by atoms with Crippen molar-refractivity contribution in [1.29, 1.82) is 0 Å². The molecule has 2 aromatic rings. The standard InChI is InChI=1S/C20H25N3O3/c1-3-26-17-10-8-16(9-11-17)21-20(24)23-14-12-22(13-15-23)18-6-4-5-7-19(18)25-2/h4-11H,3,12-15H2,1-2H3,(H,21,24). The lowest BCUT2D eigenvalue weighted by atomic mass is 10.2. The maximum atomic E-state index is 12.5. The topological polar surface area (TPSA) is 54.0 Å². The van der Waals surface area contributed by atoms with Crippen LogP contribution in [0.15, 0.2) is 48.5 Å². The lowest BCUT2D eigenvalue weighted by Gasteiger charge is -2.36. The lowest BCUT2D eigenvalue weighted by molar-refractivity contribution is 0.208. The van der Waals surface area contributed by atoms with Gasteiger partial charge in [0, 0.05) is 31.9 Å². The van der Waals surface area contributed by atoms with Crippen LogP contribution in [0.25, 0.3) is 0 Å². The van der Waals surface area contributed by atoms with Gasteiger partial charge in [-0.15, -0.1) is 0 Å². The molecule has 0 bridgehead atoms. The zero-order valence-corrected chi connectivity index (χ0v) is 15.3. The molecule has 1 N–H and O–H groups in total. The van der Waals surface area contributed by atoms with Crippen LogP contribution in [0.4, 0.5) is 16.2 Å². The Bertz CT molecular complexity index is 725. The zero-order valence-electron chi connectivity index (χ0n) is 15.3. The number of methoxy groups -OCH3 is 1. The minimum absolute atomic E-state index is 0.0752. The number of hydrogen-bond donors (Lipinski definition) is 1. The summed E-state index contributed by atoms with van der Waals surface area (Å²) in [6.07, 6.45) is 0. The lowest BCUT2D eigenvalue weighted by Crippen LogP contribution is -2.50. The molecule has 1 heterocycles. The molecule has 3 rings (SSSR count). The Labute approximate surface area is 154 Å². The molecule has 1 fully saturated rings. The Balaban J connectivity index is 1.55. The fourth-order valence-electron chi connectivity index (χ4n) is 3.05. The van der Waals surface area contributed by atoms with Crippen molar-refractivity contribution in [3.8, 4) is 11.5 Å². The summed E-state index contributed by atoms with van der Waals surface area (Å²) in [6, 6.07) is 15.3. The Morgan fingerprint density at radius 1 is 1.04 bits per heavy atom. The van der Waals surface area contributed by atoms with Crippen LogP contribution in [0.3, 0.4) is 0 Å². The number of rotatable bonds is 5. The molecule has 138 valence electrons. The van der Waals surface area contributed by atoms with Crippen LogP contribution >= 0.6 is 0 Å². The number of benzene rings is 2. The average Bonchev–Trinajstić information content (AvgIpc) is 2.70. The van der Waals surface area contributed by atoms with Gasteiger partial charge in [0.15, 0.2) is 0 Å². The second-order valence-corrected chi connectivity index (χ2v) is 6.03. The maximum Gasteiger partial charge on any atom is 0.321 e. The van der Waals surface area contributed by atoms with Crippen LogP contribution in [0.1, 0.15) is 6.92 Å². The molecule has 0 aliphatic carbocycles. The van der Waals surface area contributed by atoms with E-state index in [1.807, 2.05) is 54.3 Å². The highest BCUT2D eigenvalue weighted by Crippen LogP contribution is 2.28. The van der Waals surface area contributed by atoms with Crippen molar-refractivity contribution < 1.29 is 14.3 Å². The molecule has 0 saturated carbocycles. The van der Waals surface area contributed by atoms with Crippen molar-refractivity contribution in [3.05, 3.63) is 48.5 Å². The van der Waals surface area contributed by atoms with Crippen molar-refractivity contribution in [2.75, 3.05) is 50.1 Å². The summed E-state index contributed by atoms with van der Waals surface area (Å²) in [5.74, 6) is 1.66. The molecule has 1 aliphatic heterocycles. The largest absolute Gasteiger partial charge is 0.495 e. The van der Waals surface area contributed by atoms with E-state index in [4.69, 9.17) is 9.47 Å². The van der Waals surface area contributed by atoms with Crippen molar-refractivity contribution in [3.63, 3.8) is 0 Å². The van der Waals surface area contributed by atoms with Gasteiger partial charge in [-0.1, -0.05) is 12.1 Å². The van der Waals surface area contributed by atoms with Crippen LogP contribution in [0, 0.1) is 0 Å². The predicted octanol–water partition coefficient (Wildman–Crippen LogP) is 3.45. The summed E-state index contributed by atoms with van der Waals surface area (Å²) in [4.78, 5) is 16.6. The van der Waals surface area contributed by atoms with E-state index in [-0.39, 0.29) is 6.03 Å². The van der Waals surface area contributed by atoms with Gasteiger partial charge in [-0.3, -0.25) is 0 Å². The average molecular weight is 355 g/mol. The highest BCUT2D eigenvalue weighted by Gasteiger charge is 2.22. The molecule has 0 aromatic heterocycles. The van der Waals surface area contributed by atoms with Gasteiger partial charge >= 0.3 is 6.03 Å². The number of urea groups is 1. The number of carbonyl (C=O) groups is 1. The molecule has 1 saturated heterocycles. The normalized spacial score (nSPS) is 14.1. The minimum atomic E-state index is -0.0752. The number of ether oxygens (including phenoxy) is 2. The van der Waals surface area contributed by atoms with Crippen molar-refractivity contribution in [1.82, 2.24) is 4.90 Å². The molecule has 0 spiro atoms. The smallest absolute Gasteiger partial charge is 0.321 e. The fourth-order valence-corrected chi connectivity index (χ4v) is 3.05. The Kier molecular flexibility index (Phi) is 5.84. The third kappa shape index (κ3) is 4.20. The van der Waals surface area contributed by atoms with E-state index in [1.54, 1.807) is 7.11 Å². The minimum Gasteiger partial charge on any atom is -0.495 e. The quantitative estimate of drug-likeness (QED) is 0.893. The number of amides is 2. The van der Waals surface area contributed by atoms with Gasteiger partial charge in [-0.2, -0.15) is 0 Å². The van der Waals surface area contributed by atoms with E-state index < -0.39 is 0 Å². The summed E-state index contributed by atoms with van der Waals surface area (Å²) >= 11 is 0. The first kappa shape index (κ1) is 17.9. The maximum absolute atomic E-state index is 12.5. The first-order valence-electron chi connectivity index (χ1n) is 8.88. The van der Waals surface area contributed by atoms with Gasteiger partial charge < -0.3 is 24.6 Å². The summed E-state index contributed by atoms with van der Waals surface area (Å²) < 4.78 is 10.8. The molecule has 2 amide bonds. The van der Waals surface area contributed by atoms with Crippen molar-refractivity contribution >= 4 is 17.4 Å². The van der Waals surface area contributed by atoms with Crippen LogP contribution < -0.4 is 19.7 Å². The first-order chi connectivity index (χ1) is 12.7. The Hall–Kier alpha value is -2.89.